The topological polar surface area (TPSA) is 34.4 Å². The molecule has 1 aromatic carbocycles. The summed E-state index contributed by atoms with van der Waals surface area (Å²) in [5, 5.41) is 3.41. The zero-order chi connectivity index (χ0) is 14.5. The fourth-order valence-corrected chi connectivity index (χ4v) is 2.37. The second-order valence-electron chi connectivity index (χ2n) is 4.72. The third-order valence-corrected chi connectivity index (χ3v) is 3.38. The molecule has 1 atom stereocenters. The van der Waals surface area contributed by atoms with E-state index in [1.807, 2.05) is 19.1 Å². The number of furan rings is 1. The molecule has 108 valence electrons. The predicted molar refractivity (Wildman–Crippen MR) is 76.5 cm³/mol. The van der Waals surface area contributed by atoms with E-state index < -0.39 is 0 Å². The van der Waals surface area contributed by atoms with Gasteiger partial charge in [0.05, 0.1) is 13.4 Å². The number of benzene rings is 1. The summed E-state index contributed by atoms with van der Waals surface area (Å²) in [5.74, 6) is 0.836. The summed E-state index contributed by atoms with van der Waals surface area (Å²) in [4.78, 5) is 0. The second-order valence-corrected chi connectivity index (χ2v) is 4.72. The molecule has 2 rings (SSSR count). The average Bonchev–Trinajstić information content (AvgIpc) is 2.85. The van der Waals surface area contributed by atoms with Gasteiger partial charge < -0.3 is 14.5 Å². The fourth-order valence-electron chi connectivity index (χ4n) is 2.37. The number of hydrogen-bond acceptors (Lipinski definition) is 3. The van der Waals surface area contributed by atoms with Crippen LogP contribution < -0.4 is 10.1 Å². The summed E-state index contributed by atoms with van der Waals surface area (Å²) < 4.78 is 24.0. The summed E-state index contributed by atoms with van der Waals surface area (Å²) in [6, 6.07) is 7.16. The SMILES string of the molecule is CCNC(Cc1ccc(OC)c(F)c1)c1ccoc1C. The van der Waals surface area contributed by atoms with Crippen molar-refractivity contribution in [3.63, 3.8) is 0 Å². The van der Waals surface area contributed by atoms with Crippen molar-refractivity contribution in [1.82, 2.24) is 5.32 Å². The number of likely N-dealkylation sites (N-methyl/N-ethyl adjacent to an activating group) is 1. The lowest BCUT2D eigenvalue weighted by Crippen LogP contribution is -2.23. The molecule has 2 aromatic rings. The van der Waals surface area contributed by atoms with E-state index in [-0.39, 0.29) is 17.6 Å². The molecule has 20 heavy (non-hydrogen) atoms. The molecular weight excluding hydrogens is 257 g/mol. The van der Waals surface area contributed by atoms with Gasteiger partial charge in [0.15, 0.2) is 11.6 Å². The molecule has 0 amide bonds. The van der Waals surface area contributed by atoms with E-state index in [4.69, 9.17) is 9.15 Å². The summed E-state index contributed by atoms with van der Waals surface area (Å²) in [7, 11) is 1.47. The van der Waals surface area contributed by atoms with E-state index in [9.17, 15) is 4.39 Å². The van der Waals surface area contributed by atoms with Crippen LogP contribution in [0.5, 0.6) is 5.75 Å². The summed E-state index contributed by atoms with van der Waals surface area (Å²) in [6.07, 6.45) is 2.39. The van der Waals surface area contributed by atoms with Crippen LogP contribution in [0.15, 0.2) is 34.9 Å². The maximum atomic E-state index is 13.7. The monoisotopic (exact) mass is 277 g/mol. The maximum absolute atomic E-state index is 13.7. The van der Waals surface area contributed by atoms with Gasteiger partial charge in [-0.3, -0.25) is 0 Å². The van der Waals surface area contributed by atoms with Crippen molar-refractivity contribution in [3.05, 3.63) is 53.2 Å². The molecule has 0 saturated heterocycles. The van der Waals surface area contributed by atoms with Crippen molar-refractivity contribution in [1.29, 1.82) is 0 Å². The van der Waals surface area contributed by atoms with Gasteiger partial charge in [0.2, 0.25) is 0 Å². The average molecular weight is 277 g/mol. The molecule has 1 heterocycles. The van der Waals surface area contributed by atoms with Crippen molar-refractivity contribution in [2.45, 2.75) is 26.3 Å². The van der Waals surface area contributed by atoms with Crippen LogP contribution in [0.3, 0.4) is 0 Å². The first-order valence-electron chi connectivity index (χ1n) is 6.75. The molecule has 0 aliphatic rings. The number of halogens is 1. The molecule has 0 aliphatic heterocycles. The van der Waals surface area contributed by atoms with Gasteiger partial charge in [0.25, 0.3) is 0 Å². The van der Waals surface area contributed by atoms with E-state index in [2.05, 4.69) is 12.2 Å². The Balaban J connectivity index is 2.20. The summed E-state index contributed by atoms with van der Waals surface area (Å²) >= 11 is 0. The lowest BCUT2D eigenvalue weighted by atomic mass is 9.99. The number of rotatable bonds is 6. The lowest BCUT2D eigenvalue weighted by molar-refractivity contribution is 0.386. The normalized spacial score (nSPS) is 12.4. The minimum absolute atomic E-state index is 0.117. The fraction of sp³-hybridized carbons (Fsp3) is 0.375. The molecule has 0 saturated carbocycles. The molecule has 4 heteroatoms. The minimum atomic E-state index is -0.329. The smallest absolute Gasteiger partial charge is 0.165 e. The zero-order valence-corrected chi connectivity index (χ0v) is 12.1. The molecule has 3 nitrogen and oxygen atoms in total. The van der Waals surface area contributed by atoms with E-state index in [0.717, 1.165) is 23.4 Å². The van der Waals surface area contributed by atoms with Crippen molar-refractivity contribution >= 4 is 0 Å². The quantitative estimate of drug-likeness (QED) is 0.875. The van der Waals surface area contributed by atoms with Crippen LogP contribution in [-0.4, -0.2) is 13.7 Å². The number of hydrogen-bond donors (Lipinski definition) is 1. The summed E-state index contributed by atoms with van der Waals surface area (Å²) in [6.45, 7) is 4.83. The van der Waals surface area contributed by atoms with Crippen molar-refractivity contribution in [2.24, 2.45) is 0 Å². The first-order valence-corrected chi connectivity index (χ1v) is 6.75. The van der Waals surface area contributed by atoms with Crippen LogP contribution >= 0.6 is 0 Å². The molecule has 1 N–H and O–H groups in total. The Bertz CT molecular complexity index is 565. The molecule has 0 aliphatic carbocycles. The molecule has 0 spiro atoms. The largest absolute Gasteiger partial charge is 0.494 e. The second kappa shape index (κ2) is 6.57. The molecule has 1 aromatic heterocycles. The molecule has 1 unspecified atom stereocenters. The van der Waals surface area contributed by atoms with E-state index in [1.54, 1.807) is 12.3 Å². The van der Waals surface area contributed by atoms with Gasteiger partial charge in [-0.15, -0.1) is 0 Å². The Hall–Kier alpha value is -1.81. The van der Waals surface area contributed by atoms with E-state index in [0.29, 0.717) is 6.42 Å². The number of methoxy groups -OCH3 is 1. The minimum Gasteiger partial charge on any atom is -0.494 e. The highest BCUT2D eigenvalue weighted by atomic mass is 19.1. The van der Waals surface area contributed by atoms with Crippen LogP contribution in [-0.2, 0) is 6.42 Å². The summed E-state index contributed by atoms with van der Waals surface area (Å²) in [5.41, 5.74) is 2.04. The van der Waals surface area contributed by atoms with Crippen molar-refractivity contribution in [3.8, 4) is 5.75 Å². The van der Waals surface area contributed by atoms with Gasteiger partial charge >= 0.3 is 0 Å². The van der Waals surface area contributed by atoms with Crippen LogP contribution in [0.4, 0.5) is 4.39 Å². The van der Waals surface area contributed by atoms with Crippen molar-refractivity contribution in [2.75, 3.05) is 13.7 Å². The first-order chi connectivity index (χ1) is 9.65. The van der Waals surface area contributed by atoms with Gasteiger partial charge in [-0.25, -0.2) is 4.39 Å². The third kappa shape index (κ3) is 3.20. The molecule has 0 fully saturated rings. The Morgan fingerprint density at radius 3 is 2.70 bits per heavy atom. The van der Waals surface area contributed by atoms with Crippen LogP contribution in [0.25, 0.3) is 0 Å². The Morgan fingerprint density at radius 1 is 1.35 bits per heavy atom. The Morgan fingerprint density at radius 2 is 2.15 bits per heavy atom. The highest BCUT2D eigenvalue weighted by Gasteiger charge is 2.16. The number of nitrogens with one attached hydrogen (secondary N) is 1. The van der Waals surface area contributed by atoms with Gasteiger partial charge in [-0.1, -0.05) is 13.0 Å². The highest BCUT2D eigenvalue weighted by Crippen LogP contribution is 2.25. The van der Waals surface area contributed by atoms with Gasteiger partial charge in [-0.2, -0.15) is 0 Å². The maximum Gasteiger partial charge on any atom is 0.165 e. The van der Waals surface area contributed by atoms with Crippen LogP contribution in [0, 0.1) is 12.7 Å². The molecular formula is C16H20FNO2. The molecule has 0 radical (unpaired) electrons. The Kier molecular flexibility index (Phi) is 4.79. The van der Waals surface area contributed by atoms with Gasteiger partial charge in [0, 0.05) is 11.6 Å². The van der Waals surface area contributed by atoms with Crippen LogP contribution in [0.1, 0.15) is 29.9 Å². The van der Waals surface area contributed by atoms with Gasteiger partial charge in [0.1, 0.15) is 5.76 Å². The van der Waals surface area contributed by atoms with Crippen molar-refractivity contribution < 1.29 is 13.5 Å². The number of ether oxygens (including phenoxy) is 1. The lowest BCUT2D eigenvalue weighted by Gasteiger charge is -2.18. The highest BCUT2D eigenvalue weighted by molar-refractivity contribution is 5.31. The third-order valence-electron chi connectivity index (χ3n) is 3.38. The molecule has 0 bridgehead atoms. The van der Waals surface area contributed by atoms with Gasteiger partial charge in [-0.05, 0) is 43.7 Å². The predicted octanol–water partition coefficient (Wildman–Crippen LogP) is 3.63. The zero-order valence-electron chi connectivity index (χ0n) is 12.1. The van der Waals surface area contributed by atoms with Crippen LogP contribution in [0.2, 0.25) is 0 Å². The number of aryl methyl sites for hydroxylation is 1. The van der Waals surface area contributed by atoms with E-state index in [1.165, 1.54) is 13.2 Å². The first kappa shape index (κ1) is 14.6. The van der Waals surface area contributed by atoms with E-state index >= 15 is 0 Å². The Labute approximate surface area is 118 Å². The standard InChI is InChI=1S/C16H20FNO2/c1-4-18-15(13-7-8-20-11(13)2)10-12-5-6-16(19-3)14(17)9-12/h5-9,15,18H,4,10H2,1-3H3.